The van der Waals surface area contributed by atoms with Crippen LogP contribution in [0.1, 0.15) is 27.2 Å². The minimum Gasteiger partial charge on any atom is -0.507 e. The molecule has 1 heterocycles. The normalized spacial score (nSPS) is 11.0. The van der Waals surface area contributed by atoms with Gasteiger partial charge in [-0.15, -0.1) is 0 Å². The Hall–Kier alpha value is -3.41. The van der Waals surface area contributed by atoms with E-state index in [1.807, 2.05) is 37.3 Å². The van der Waals surface area contributed by atoms with Crippen LogP contribution in [0.4, 0.5) is 0 Å². The number of benzene rings is 2. The molecule has 0 saturated carbocycles. The summed E-state index contributed by atoms with van der Waals surface area (Å²) in [6.45, 7) is 3.81. The van der Waals surface area contributed by atoms with Gasteiger partial charge >= 0.3 is 0 Å². The summed E-state index contributed by atoms with van der Waals surface area (Å²) >= 11 is 0. The molecule has 126 valence electrons. The number of phenols is 1. The second-order valence-electron chi connectivity index (χ2n) is 5.75. The molecule has 2 aromatic carbocycles. The summed E-state index contributed by atoms with van der Waals surface area (Å²) in [5.74, 6) is -0.257. The summed E-state index contributed by atoms with van der Waals surface area (Å²) in [6, 6.07) is 14.7. The third-order valence-corrected chi connectivity index (χ3v) is 3.79. The molecule has 6 heteroatoms. The summed E-state index contributed by atoms with van der Waals surface area (Å²) < 4.78 is 0. The molecule has 1 amide bonds. The molecule has 0 fully saturated rings. The Morgan fingerprint density at radius 3 is 2.72 bits per heavy atom. The highest BCUT2D eigenvalue weighted by Crippen LogP contribution is 2.30. The Labute approximate surface area is 145 Å². The van der Waals surface area contributed by atoms with Gasteiger partial charge < -0.3 is 5.11 Å². The highest BCUT2D eigenvalue weighted by atomic mass is 16.3. The monoisotopic (exact) mass is 334 g/mol. The first kappa shape index (κ1) is 16.4. The van der Waals surface area contributed by atoms with E-state index in [0.717, 1.165) is 16.7 Å². The van der Waals surface area contributed by atoms with Crippen molar-refractivity contribution in [1.29, 1.82) is 0 Å². The molecular weight excluding hydrogens is 316 g/mol. The number of carbonyl (C=O) groups is 1. The fraction of sp³-hybridized carbons (Fsp3) is 0.105. The number of nitrogens with zero attached hydrogens (tertiary/aromatic N) is 2. The lowest BCUT2D eigenvalue weighted by molar-refractivity contribution is 0.0950. The maximum atomic E-state index is 12.1. The van der Waals surface area contributed by atoms with Gasteiger partial charge in [-0.3, -0.25) is 9.89 Å². The largest absolute Gasteiger partial charge is 0.507 e. The second kappa shape index (κ2) is 7.00. The zero-order valence-electron chi connectivity index (χ0n) is 13.9. The van der Waals surface area contributed by atoms with Crippen LogP contribution < -0.4 is 5.43 Å². The number of phenolic OH excluding ortho intramolecular Hbond substituents is 1. The summed E-state index contributed by atoms with van der Waals surface area (Å²) in [7, 11) is 0. The highest BCUT2D eigenvalue weighted by molar-refractivity contribution is 5.94. The molecule has 3 rings (SSSR count). The summed E-state index contributed by atoms with van der Waals surface area (Å²) in [4.78, 5) is 12.1. The van der Waals surface area contributed by atoms with Crippen LogP contribution in [0.3, 0.4) is 0 Å². The smallest absolute Gasteiger partial charge is 0.289 e. The molecule has 0 aliphatic rings. The zero-order chi connectivity index (χ0) is 17.8. The van der Waals surface area contributed by atoms with Gasteiger partial charge in [-0.25, -0.2) is 5.43 Å². The van der Waals surface area contributed by atoms with Gasteiger partial charge in [0.25, 0.3) is 5.91 Å². The Kier molecular flexibility index (Phi) is 4.61. The van der Waals surface area contributed by atoms with Gasteiger partial charge in [-0.2, -0.15) is 10.2 Å². The number of hydrogen-bond acceptors (Lipinski definition) is 4. The fourth-order valence-corrected chi connectivity index (χ4v) is 2.32. The fourth-order valence-electron chi connectivity index (χ4n) is 2.32. The van der Waals surface area contributed by atoms with E-state index in [1.165, 1.54) is 0 Å². The molecule has 3 aromatic rings. The molecule has 0 radical (unpaired) electrons. The molecule has 0 spiro atoms. The molecule has 0 atom stereocenters. The molecule has 0 bridgehead atoms. The third-order valence-electron chi connectivity index (χ3n) is 3.79. The lowest BCUT2D eigenvalue weighted by Crippen LogP contribution is -2.17. The standard InChI is InChI=1S/C19H18N4O2/c1-12-6-8-14(9-7-12)11-20-23-19(25)17-10-16(21-22-17)15-5-3-4-13(2)18(15)24/h3-11,24H,1-2H3,(H,21,22)(H,23,25)/b20-11-. The van der Waals surface area contributed by atoms with Gasteiger partial charge in [0.1, 0.15) is 11.4 Å². The highest BCUT2D eigenvalue weighted by Gasteiger charge is 2.13. The zero-order valence-corrected chi connectivity index (χ0v) is 13.9. The Morgan fingerprint density at radius 1 is 1.20 bits per heavy atom. The molecular formula is C19H18N4O2. The van der Waals surface area contributed by atoms with Crippen LogP contribution in [0.25, 0.3) is 11.3 Å². The predicted octanol–water partition coefficient (Wildman–Crippen LogP) is 3.16. The first-order valence-electron chi connectivity index (χ1n) is 7.79. The number of aromatic nitrogens is 2. The van der Waals surface area contributed by atoms with Crippen LogP contribution in [0.15, 0.2) is 53.6 Å². The topological polar surface area (TPSA) is 90.4 Å². The quantitative estimate of drug-likeness (QED) is 0.505. The molecule has 0 saturated heterocycles. The number of hydrazone groups is 1. The van der Waals surface area contributed by atoms with Crippen LogP contribution in [0, 0.1) is 13.8 Å². The Balaban J connectivity index is 1.70. The maximum absolute atomic E-state index is 12.1. The number of rotatable bonds is 4. The molecule has 3 N–H and O–H groups in total. The van der Waals surface area contributed by atoms with Crippen molar-refractivity contribution >= 4 is 12.1 Å². The van der Waals surface area contributed by atoms with Crippen molar-refractivity contribution in [2.75, 3.05) is 0 Å². The van der Waals surface area contributed by atoms with E-state index in [-0.39, 0.29) is 11.4 Å². The molecule has 0 aliphatic heterocycles. The van der Waals surface area contributed by atoms with Crippen molar-refractivity contribution in [3.8, 4) is 17.0 Å². The Bertz CT molecular complexity index is 927. The number of aromatic amines is 1. The van der Waals surface area contributed by atoms with E-state index in [1.54, 1.807) is 31.3 Å². The van der Waals surface area contributed by atoms with Crippen LogP contribution in [-0.4, -0.2) is 27.4 Å². The molecule has 25 heavy (non-hydrogen) atoms. The lowest BCUT2D eigenvalue weighted by Gasteiger charge is -2.03. The average Bonchev–Trinajstić information content (AvgIpc) is 3.09. The van der Waals surface area contributed by atoms with Gasteiger partial charge in [-0.1, -0.05) is 42.0 Å². The van der Waals surface area contributed by atoms with Crippen LogP contribution in [-0.2, 0) is 0 Å². The van der Waals surface area contributed by atoms with Gasteiger partial charge in [0, 0.05) is 5.56 Å². The lowest BCUT2D eigenvalue weighted by atomic mass is 10.1. The molecule has 0 aliphatic carbocycles. The summed E-state index contributed by atoms with van der Waals surface area (Å²) in [6.07, 6.45) is 1.57. The van der Waals surface area contributed by atoms with Crippen molar-refractivity contribution in [3.63, 3.8) is 0 Å². The number of nitrogens with one attached hydrogen (secondary N) is 2. The number of H-pyrrole nitrogens is 1. The number of carbonyl (C=O) groups excluding carboxylic acids is 1. The minimum absolute atomic E-state index is 0.151. The average molecular weight is 334 g/mol. The van der Waals surface area contributed by atoms with E-state index in [4.69, 9.17) is 0 Å². The number of amides is 1. The first-order valence-corrected chi connectivity index (χ1v) is 7.79. The van der Waals surface area contributed by atoms with E-state index < -0.39 is 5.91 Å². The number of para-hydroxylation sites is 1. The van der Waals surface area contributed by atoms with E-state index >= 15 is 0 Å². The van der Waals surface area contributed by atoms with Gasteiger partial charge in [-0.05, 0) is 37.1 Å². The van der Waals surface area contributed by atoms with E-state index in [9.17, 15) is 9.90 Å². The first-order chi connectivity index (χ1) is 12.0. The van der Waals surface area contributed by atoms with Crippen LogP contribution in [0.5, 0.6) is 5.75 Å². The number of aryl methyl sites for hydroxylation is 2. The van der Waals surface area contributed by atoms with Gasteiger partial charge in [0.2, 0.25) is 0 Å². The van der Waals surface area contributed by atoms with Gasteiger partial charge in [0.05, 0.1) is 11.9 Å². The SMILES string of the molecule is Cc1ccc(/C=N\NC(=O)c2cc(-c3cccc(C)c3O)n[nH]2)cc1. The number of hydrogen-bond donors (Lipinski definition) is 3. The van der Waals surface area contributed by atoms with E-state index in [0.29, 0.717) is 11.3 Å². The third kappa shape index (κ3) is 3.74. The maximum Gasteiger partial charge on any atom is 0.289 e. The molecule has 0 unspecified atom stereocenters. The van der Waals surface area contributed by atoms with Crippen molar-refractivity contribution in [3.05, 3.63) is 70.9 Å². The summed E-state index contributed by atoms with van der Waals surface area (Å²) in [5, 5.41) is 20.8. The van der Waals surface area contributed by atoms with Crippen LogP contribution >= 0.6 is 0 Å². The predicted molar refractivity (Wildman–Crippen MR) is 96.7 cm³/mol. The number of aromatic hydroxyl groups is 1. The van der Waals surface area contributed by atoms with Gasteiger partial charge in [0.15, 0.2) is 0 Å². The van der Waals surface area contributed by atoms with Crippen LogP contribution in [0.2, 0.25) is 0 Å². The van der Waals surface area contributed by atoms with Crippen molar-refractivity contribution in [2.45, 2.75) is 13.8 Å². The van der Waals surface area contributed by atoms with Crippen molar-refractivity contribution in [2.24, 2.45) is 5.10 Å². The van der Waals surface area contributed by atoms with E-state index in [2.05, 4.69) is 20.7 Å². The van der Waals surface area contributed by atoms with Crippen molar-refractivity contribution in [1.82, 2.24) is 15.6 Å². The molecule has 6 nitrogen and oxygen atoms in total. The van der Waals surface area contributed by atoms with Crippen molar-refractivity contribution < 1.29 is 9.90 Å². The molecule has 1 aromatic heterocycles. The Morgan fingerprint density at radius 2 is 1.96 bits per heavy atom. The minimum atomic E-state index is -0.408. The second-order valence-corrected chi connectivity index (χ2v) is 5.75. The summed E-state index contributed by atoms with van der Waals surface area (Å²) in [5.41, 5.74) is 6.57.